The van der Waals surface area contributed by atoms with Crippen molar-refractivity contribution in [3.05, 3.63) is 0 Å². The van der Waals surface area contributed by atoms with Crippen molar-refractivity contribution >= 4 is 5.91 Å². The number of carbonyl (C=O) groups is 1. The first-order chi connectivity index (χ1) is 7.24. The maximum Gasteiger partial charge on any atom is 0.223 e. The molecule has 0 heterocycles. The summed E-state index contributed by atoms with van der Waals surface area (Å²) in [6.07, 6.45) is 5.89. The lowest BCUT2D eigenvalue weighted by Crippen LogP contribution is -2.35. The molecular formula is C12H22N2O. The maximum atomic E-state index is 11.9. The number of carbonyl (C=O) groups excluding carboxylic acids is 1. The summed E-state index contributed by atoms with van der Waals surface area (Å²) in [4.78, 5) is 11.9. The molecule has 0 aromatic heterocycles. The van der Waals surface area contributed by atoms with E-state index >= 15 is 0 Å². The molecule has 0 saturated heterocycles. The van der Waals surface area contributed by atoms with Gasteiger partial charge < -0.3 is 11.1 Å². The van der Waals surface area contributed by atoms with Crippen molar-refractivity contribution in [2.24, 2.45) is 23.5 Å². The van der Waals surface area contributed by atoms with Crippen LogP contribution in [0.2, 0.25) is 0 Å². The van der Waals surface area contributed by atoms with Gasteiger partial charge in [-0.05, 0) is 51.0 Å². The lowest BCUT2D eigenvalue weighted by atomic mass is 10.1. The largest absolute Gasteiger partial charge is 0.353 e. The zero-order valence-electron chi connectivity index (χ0n) is 9.54. The minimum atomic E-state index is 0.294. The van der Waals surface area contributed by atoms with Crippen LogP contribution in [0.1, 0.15) is 39.0 Å². The normalized spacial score (nSPS) is 34.7. The van der Waals surface area contributed by atoms with E-state index in [0.29, 0.717) is 17.9 Å². The van der Waals surface area contributed by atoms with Crippen LogP contribution in [0.3, 0.4) is 0 Å². The second kappa shape index (κ2) is 4.52. The monoisotopic (exact) mass is 210 g/mol. The number of nitrogens with one attached hydrogen (secondary N) is 1. The van der Waals surface area contributed by atoms with Gasteiger partial charge in [-0.1, -0.05) is 6.42 Å². The zero-order valence-corrected chi connectivity index (χ0v) is 9.54. The highest BCUT2D eigenvalue weighted by molar-refractivity contribution is 5.82. The highest BCUT2D eigenvalue weighted by atomic mass is 16.2. The van der Waals surface area contributed by atoms with E-state index in [1.54, 1.807) is 0 Å². The SMILES string of the molecule is CC(CCCN)NC(=O)C1C2CCCC21. The molecule has 2 aliphatic carbocycles. The van der Waals surface area contributed by atoms with Gasteiger partial charge in [0.05, 0.1) is 0 Å². The van der Waals surface area contributed by atoms with E-state index in [2.05, 4.69) is 12.2 Å². The molecule has 2 saturated carbocycles. The fraction of sp³-hybridized carbons (Fsp3) is 0.917. The number of amides is 1. The molecule has 3 unspecified atom stereocenters. The van der Waals surface area contributed by atoms with Crippen LogP contribution in [0.15, 0.2) is 0 Å². The van der Waals surface area contributed by atoms with Crippen LogP contribution in [0.25, 0.3) is 0 Å². The second-order valence-electron chi connectivity index (χ2n) is 5.12. The van der Waals surface area contributed by atoms with E-state index in [9.17, 15) is 4.79 Å². The average molecular weight is 210 g/mol. The van der Waals surface area contributed by atoms with E-state index in [1.165, 1.54) is 19.3 Å². The molecule has 0 aromatic rings. The molecular weight excluding hydrogens is 188 g/mol. The molecule has 1 amide bonds. The van der Waals surface area contributed by atoms with Crippen molar-refractivity contribution in [3.8, 4) is 0 Å². The summed E-state index contributed by atoms with van der Waals surface area (Å²) in [6.45, 7) is 2.79. The topological polar surface area (TPSA) is 55.1 Å². The number of hydrogen-bond donors (Lipinski definition) is 2. The first-order valence-electron chi connectivity index (χ1n) is 6.24. The van der Waals surface area contributed by atoms with Crippen LogP contribution in [-0.2, 0) is 4.79 Å². The molecule has 2 fully saturated rings. The lowest BCUT2D eigenvalue weighted by molar-refractivity contribution is -0.123. The van der Waals surface area contributed by atoms with Gasteiger partial charge >= 0.3 is 0 Å². The Morgan fingerprint density at radius 2 is 2.13 bits per heavy atom. The number of hydrogen-bond acceptors (Lipinski definition) is 2. The molecule has 3 N–H and O–H groups in total. The van der Waals surface area contributed by atoms with Crippen LogP contribution in [0.5, 0.6) is 0 Å². The Morgan fingerprint density at radius 1 is 1.47 bits per heavy atom. The predicted octanol–water partition coefficient (Wildman–Crippen LogP) is 1.28. The van der Waals surface area contributed by atoms with Crippen molar-refractivity contribution < 1.29 is 4.79 Å². The molecule has 15 heavy (non-hydrogen) atoms. The predicted molar refractivity (Wildman–Crippen MR) is 60.2 cm³/mol. The third kappa shape index (κ3) is 2.33. The molecule has 3 atom stereocenters. The van der Waals surface area contributed by atoms with Crippen LogP contribution >= 0.6 is 0 Å². The van der Waals surface area contributed by atoms with Gasteiger partial charge in [-0.25, -0.2) is 0 Å². The third-order valence-electron chi connectivity index (χ3n) is 3.94. The van der Waals surface area contributed by atoms with Crippen LogP contribution in [0, 0.1) is 17.8 Å². The molecule has 0 aliphatic heterocycles. The minimum Gasteiger partial charge on any atom is -0.353 e. The van der Waals surface area contributed by atoms with Gasteiger partial charge in [0, 0.05) is 12.0 Å². The van der Waals surface area contributed by atoms with Crippen molar-refractivity contribution in [1.82, 2.24) is 5.32 Å². The standard InChI is InChI=1S/C12H22N2O/c1-8(4-3-7-13)14-12(15)11-9-5-2-6-10(9)11/h8-11H,2-7,13H2,1H3,(H,14,15). The summed E-state index contributed by atoms with van der Waals surface area (Å²) in [5, 5.41) is 3.11. The Bertz CT molecular complexity index is 232. The van der Waals surface area contributed by atoms with Crippen LogP contribution < -0.4 is 11.1 Å². The zero-order chi connectivity index (χ0) is 10.8. The van der Waals surface area contributed by atoms with Gasteiger partial charge in [-0.3, -0.25) is 4.79 Å². The molecule has 0 bridgehead atoms. The third-order valence-corrected chi connectivity index (χ3v) is 3.94. The second-order valence-corrected chi connectivity index (χ2v) is 5.12. The molecule has 86 valence electrons. The highest BCUT2D eigenvalue weighted by Crippen LogP contribution is 2.57. The van der Waals surface area contributed by atoms with Crippen LogP contribution in [0.4, 0.5) is 0 Å². The summed E-state index contributed by atoms with van der Waals surface area (Å²) < 4.78 is 0. The number of nitrogens with two attached hydrogens (primary N) is 1. The Kier molecular flexibility index (Phi) is 3.29. The smallest absolute Gasteiger partial charge is 0.223 e. The first-order valence-corrected chi connectivity index (χ1v) is 6.24. The summed E-state index contributed by atoms with van der Waals surface area (Å²) >= 11 is 0. The molecule has 2 aliphatic rings. The van der Waals surface area contributed by atoms with Gasteiger partial charge in [-0.15, -0.1) is 0 Å². The van der Waals surface area contributed by atoms with Gasteiger partial charge in [0.2, 0.25) is 5.91 Å². The van der Waals surface area contributed by atoms with Crippen molar-refractivity contribution in [3.63, 3.8) is 0 Å². The number of rotatable bonds is 5. The van der Waals surface area contributed by atoms with E-state index in [-0.39, 0.29) is 0 Å². The molecule has 3 heteroatoms. The minimum absolute atomic E-state index is 0.294. The Morgan fingerprint density at radius 3 is 2.73 bits per heavy atom. The Hall–Kier alpha value is -0.570. The van der Waals surface area contributed by atoms with E-state index in [0.717, 1.165) is 31.2 Å². The molecule has 3 nitrogen and oxygen atoms in total. The Labute approximate surface area is 91.8 Å². The molecule has 0 spiro atoms. The van der Waals surface area contributed by atoms with Gasteiger partial charge in [0.1, 0.15) is 0 Å². The van der Waals surface area contributed by atoms with E-state index in [4.69, 9.17) is 5.73 Å². The van der Waals surface area contributed by atoms with E-state index in [1.807, 2.05) is 0 Å². The van der Waals surface area contributed by atoms with Gasteiger partial charge in [0.25, 0.3) is 0 Å². The fourth-order valence-electron chi connectivity index (χ4n) is 3.05. The summed E-state index contributed by atoms with van der Waals surface area (Å²) in [5.41, 5.74) is 5.44. The lowest BCUT2D eigenvalue weighted by Gasteiger charge is -2.14. The van der Waals surface area contributed by atoms with Gasteiger partial charge in [0.15, 0.2) is 0 Å². The van der Waals surface area contributed by atoms with Crippen molar-refractivity contribution in [2.45, 2.75) is 45.1 Å². The maximum absolute atomic E-state index is 11.9. The molecule has 0 aromatic carbocycles. The molecule has 2 rings (SSSR count). The fourth-order valence-corrected chi connectivity index (χ4v) is 3.05. The summed E-state index contributed by atoms with van der Waals surface area (Å²) in [7, 11) is 0. The van der Waals surface area contributed by atoms with Crippen LogP contribution in [-0.4, -0.2) is 18.5 Å². The molecule has 0 radical (unpaired) electrons. The van der Waals surface area contributed by atoms with E-state index < -0.39 is 0 Å². The highest BCUT2D eigenvalue weighted by Gasteiger charge is 2.56. The summed E-state index contributed by atoms with van der Waals surface area (Å²) in [6, 6.07) is 0.294. The first kappa shape index (κ1) is 10.9. The Balaban J connectivity index is 1.69. The average Bonchev–Trinajstić information content (AvgIpc) is 2.70. The van der Waals surface area contributed by atoms with Gasteiger partial charge in [-0.2, -0.15) is 0 Å². The van der Waals surface area contributed by atoms with Crippen molar-refractivity contribution in [2.75, 3.05) is 6.54 Å². The van der Waals surface area contributed by atoms with Crippen molar-refractivity contribution in [1.29, 1.82) is 0 Å². The number of fused-ring (bicyclic) bond motifs is 1. The quantitative estimate of drug-likeness (QED) is 0.718. The summed E-state index contributed by atoms with van der Waals surface area (Å²) in [5.74, 6) is 2.12.